The van der Waals surface area contributed by atoms with Gasteiger partial charge in [-0.25, -0.2) is 14.6 Å². The molecule has 288 valence electrons. The van der Waals surface area contributed by atoms with E-state index in [4.69, 9.17) is 14.5 Å². The van der Waals surface area contributed by atoms with Crippen LogP contribution in [0.4, 0.5) is 4.79 Å². The second-order valence-corrected chi connectivity index (χ2v) is 15.9. The molecule has 7 rings (SSSR count). The lowest BCUT2D eigenvalue weighted by atomic mass is 9.86. The number of aliphatic hydroxyl groups is 1. The molecule has 1 aromatic heterocycles. The van der Waals surface area contributed by atoms with Crippen LogP contribution in [0.5, 0.6) is 11.5 Å². The van der Waals surface area contributed by atoms with Crippen LogP contribution in [0.1, 0.15) is 50.8 Å². The highest BCUT2D eigenvalue weighted by Crippen LogP contribution is 2.45. The van der Waals surface area contributed by atoms with E-state index in [-0.39, 0.29) is 25.4 Å². The Hall–Kier alpha value is -5.46. The largest absolute Gasteiger partial charge is 0.497 e. The average Bonchev–Trinajstić information content (AvgIpc) is 3.57. The highest BCUT2D eigenvalue weighted by atomic mass is 16.5. The van der Waals surface area contributed by atoms with Crippen molar-refractivity contribution in [3.63, 3.8) is 0 Å². The topological polar surface area (TPSA) is 162 Å². The molecule has 1 saturated heterocycles. The Kier molecular flexibility index (Phi) is 10.3. The van der Waals surface area contributed by atoms with E-state index in [9.17, 15) is 24.6 Å². The van der Waals surface area contributed by atoms with Gasteiger partial charge in [-0.15, -0.1) is 6.58 Å². The van der Waals surface area contributed by atoms with Crippen molar-refractivity contribution in [1.29, 1.82) is 0 Å². The first-order chi connectivity index (χ1) is 26.3. The van der Waals surface area contributed by atoms with Crippen LogP contribution < -0.4 is 25.4 Å². The number of methoxy groups -OCH3 is 1. The number of nitrogens with one attached hydrogen (secondary N) is 3. The summed E-state index contributed by atoms with van der Waals surface area (Å²) in [6.45, 7) is 10.2. The van der Waals surface area contributed by atoms with Crippen molar-refractivity contribution in [1.82, 2.24) is 25.8 Å². The van der Waals surface area contributed by atoms with E-state index in [1.54, 1.807) is 7.11 Å². The van der Waals surface area contributed by atoms with E-state index in [2.05, 4.69) is 22.5 Å². The maximum absolute atomic E-state index is 14.4. The number of nitrogens with zero attached hydrogens (tertiary/aromatic N) is 2. The number of carboxylic acid groups (broad SMARTS) is 1. The number of hydrogen-bond acceptors (Lipinski definition) is 8. The second kappa shape index (κ2) is 15.0. The minimum Gasteiger partial charge on any atom is -0.497 e. The smallest absolute Gasteiger partial charge is 0.330 e. The summed E-state index contributed by atoms with van der Waals surface area (Å²) in [6, 6.07) is 22.8. The fraction of sp³-hybridized carbons (Fsp3) is 0.395. The molecule has 7 atom stereocenters. The van der Waals surface area contributed by atoms with Crippen molar-refractivity contribution in [2.24, 2.45) is 11.3 Å². The van der Waals surface area contributed by atoms with Crippen LogP contribution >= 0.6 is 0 Å². The Bertz CT molecular complexity index is 2100. The van der Waals surface area contributed by atoms with Crippen LogP contribution in [0.15, 0.2) is 91.5 Å². The minimum atomic E-state index is -1.47. The predicted molar refractivity (Wildman–Crippen MR) is 209 cm³/mol. The maximum atomic E-state index is 14.4. The van der Waals surface area contributed by atoms with Crippen LogP contribution in [0.3, 0.4) is 0 Å². The van der Waals surface area contributed by atoms with Crippen LogP contribution in [0.2, 0.25) is 0 Å². The number of likely N-dealkylation sites (tertiary alicyclic amines) is 1. The Balaban J connectivity index is 1.16. The van der Waals surface area contributed by atoms with Crippen molar-refractivity contribution < 1.29 is 34.1 Å². The number of rotatable bonds is 12. The van der Waals surface area contributed by atoms with Gasteiger partial charge in [-0.3, -0.25) is 4.79 Å². The van der Waals surface area contributed by atoms with Crippen molar-refractivity contribution in [2.75, 3.05) is 20.2 Å². The molecule has 3 amide bonds. The number of carboxylic acids is 1. The lowest BCUT2D eigenvalue weighted by Crippen LogP contribution is -2.58. The number of aromatic nitrogens is 1. The number of carbonyl (C=O) groups excluding carboxylic acids is 2. The first-order valence-corrected chi connectivity index (χ1v) is 18.8. The third-order valence-electron chi connectivity index (χ3n) is 11.3. The van der Waals surface area contributed by atoms with Gasteiger partial charge in [0.15, 0.2) is 0 Å². The summed E-state index contributed by atoms with van der Waals surface area (Å²) in [7, 11) is 1.59. The van der Waals surface area contributed by atoms with Gasteiger partial charge in [0, 0.05) is 54.4 Å². The van der Waals surface area contributed by atoms with E-state index in [0.29, 0.717) is 35.7 Å². The molecule has 0 spiro atoms. The Morgan fingerprint density at radius 2 is 1.82 bits per heavy atom. The third-order valence-corrected chi connectivity index (χ3v) is 11.3. The monoisotopic (exact) mass is 747 g/mol. The fourth-order valence-corrected chi connectivity index (χ4v) is 7.88. The quantitative estimate of drug-likeness (QED) is 0.122. The normalized spacial score (nSPS) is 24.8. The van der Waals surface area contributed by atoms with Crippen LogP contribution in [-0.2, 0) is 16.0 Å². The summed E-state index contributed by atoms with van der Waals surface area (Å²) in [4.78, 5) is 47.2. The summed E-state index contributed by atoms with van der Waals surface area (Å²) >= 11 is 0. The highest BCUT2D eigenvalue weighted by molar-refractivity contribution is 5.95. The molecule has 4 aromatic rings. The molecule has 2 fully saturated rings. The average molecular weight is 748 g/mol. The number of pyridine rings is 1. The van der Waals surface area contributed by atoms with Gasteiger partial charge in [0.2, 0.25) is 5.91 Å². The summed E-state index contributed by atoms with van der Waals surface area (Å²) in [5.41, 5.74) is 2.46. The summed E-state index contributed by atoms with van der Waals surface area (Å²) in [5, 5.41) is 31.2. The Labute approximate surface area is 320 Å². The molecular weight excluding hydrogens is 699 g/mol. The standard InChI is InChI=1S/C43H49N5O7/c1-6-27-22-43(27,40(51)52)47-39(50)34-20-29(55-36-21-32(25-12-8-7-9-13-25)45-33-19-28(54-5)16-17-31(33)36)24-48(34)41(53)46-37(42(2,3)4)23-44-38-30-15-11-10-14-26(30)18-35(38)49/h6-17,19,21,27,29,34-35,37-38,44,49H,1,18,20,22-24H2,2-5H3,(H,46,53)(H,47,50)(H,51,52)/t27-,29-,34+,35-,37-,38+,43-/m1/s1. The number of aliphatic hydroxyl groups excluding tert-OH is 1. The first kappa shape index (κ1) is 37.8. The van der Waals surface area contributed by atoms with Gasteiger partial charge in [-0.05, 0) is 35.1 Å². The van der Waals surface area contributed by atoms with E-state index >= 15 is 0 Å². The van der Waals surface area contributed by atoms with E-state index in [0.717, 1.165) is 22.1 Å². The zero-order chi connectivity index (χ0) is 39.1. The van der Waals surface area contributed by atoms with Crippen molar-refractivity contribution in [2.45, 2.75) is 75.9 Å². The SMILES string of the molecule is C=C[C@@H]1C[C@]1(NC(=O)[C@@H]1C[C@@H](Oc2cc(-c3ccccc3)nc3cc(OC)ccc23)CN1C(=O)N[C@H](CN[C@H]1c2ccccc2C[C@H]1O)C(C)(C)C)C(=O)O. The van der Waals surface area contributed by atoms with Gasteiger partial charge < -0.3 is 40.5 Å². The maximum Gasteiger partial charge on any atom is 0.330 e. The van der Waals surface area contributed by atoms with Crippen LogP contribution in [-0.4, -0.2) is 88.0 Å². The number of carbonyl (C=O) groups is 3. The molecule has 12 heteroatoms. The van der Waals surface area contributed by atoms with Gasteiger partial charge in [0.05, 0.1) is 37.0 Å². The highest BCUT2D eigenvalue weighted by Gasteiger charge is 2.61. The zero-order valence-electron chi connectivity index (χ0n) is 31.6. The lowest BCUT2D eigenvalue weighted by Gasteiger charge is -2.35. The summed E-state index contributed by atoms with van der Waals surface area (Å²) in [5.74, 6) is -0.973. The molecule has 12 nitrogen and oxygen atoms in total. The molecule has 3 aliphatic rings. The number of urea groups is 1. The summed E-state index contributed by atoms with van der Waals surface area (Å²) in [6.07, 6.45) is 1.20. The Morgan fingerprint density at radius 3 is 2.51 bits per heavy atom. The molecule has 1 saturated carbocycles. The molecule has 55 heavy (non-hydrogen) atoms. The van der Waals surface area contributed by atoms with Gasteiger partial charge in [-0.1, -0.05) is 81.4 Å². The van der Waals surface area contributed by atoms with Crippen molar-refractivity contribution >= 4 is 28.8 Å². The molecule has 0 bridgehead atoms. The number of aliphatic carboxylic acids is 1. The Morgan fingerprint density at radius 1 is 1.07 bits per heavy atom. The van der Waals surface area contributed by atoms with E-state index < -0.39 is 59.1 Å². The predicted octanol–water partition coefficient (Wildman–Crippen LogP) is 5.25. The van der Waals surface area contributed by atoms with Crippen molar-refractivity contribution in [3.05, 3.63) is 103 Å². The van der Waals surface area contributed by atoms with Crippen LogP contribution in [0, 0.1) is 11.3 Å². The number of benzene rings is 3. The molecule has 0 unspecified atom stereocenters. The molecule has 0 radical (unpaired) electrons. The molecule has 2 heterocycles. The third kappa shape index (κ3) is 7.61. The lowest BCUT2D eigenvalue weighted by molar-refractivity contribution is -0.144. The first-order valence-electron chi connectivity index (χ1n) is 18.8. The van der Waals surface area contributed by atoms with Gasteiger partial charge in [-0.2, -0.15) is 0 Å². The van der Waals surface area contributed by atoms with Crippen LogP contribution in [0.25, 0.3) is 22.2 Å². The zero-order valence-corrected chi connectivity index (χ0v) is 31.6. The number of ether oxygens (including phenoxy) is 2. The second-order valence-electron chi connectivity index (χ2n) is 15.9. The fourth-order valence-electron chi connectivity index (χ4n) is 7.88. The number of fused-ring (bicyclic) bond motifs is 2. The number of hydrogen-bond donors (Lipinski definition) is 5. The molecule has 3 aromatic carbocycles. The molecule has 5 N–H and O–H groups in total. The van der Waals surface area contributed by atoms with E-state index in [1.807, 2.05) is 99.6 Å². The number of amides is 3. The van der Waals surface area contributed by atoms with Gasteiger partial charge >= 0.3 is 12.0 Å². The summed E-state index contributed by atoms with van der Waals surface area (Å²) < 4.78 is 12.2. The minimum absolute atomic E-state index is 0.0640. The van der Waals surface area contributed by atoms with E-state index in [1.165, 1.54) is 11.0 Å². The molecule has 1 aliphatic heterocycles. The van der Waals surface area contributed by atoms with Gasteiger partial charge in [0.25, 0.3) is 0 Å². The molecular formula is C43H49N5O7. The van der Waals surface area contributed by atoms with Crippen molar-refractivity contribution in [3.8, 4) is 22.8 Å². The van der Waals surface area contributed by atoms with Gasteiger partial charge in [0.1, 0.15) is 29.2 Å². The molecule has 2 aliphatic carbocycles.